The minimum Gasteiger partial charge on any atom is -0.492 e. The number of hydrogen-bond acceptors (Lipinski definition) is 4. The molecular formula is C25H22BrN3O4. The number of para-hydroxylation sites is 4. The van der Waals surface area contributed by atoms with Crippen LogP contribution in [-0.4, -0.2) is 30.4 Å². The highest BCUT2D eigenvalue weighted by atomic mass is 79.9. The van der Waals surface area contributed by atoms with Gasteiger partial charge in [-0.15, -0.1) is 0 Å². The molecule has 0 saturated carbocycles. The van der Waals surface area contributed by atoms with Crippen molar-refractivity contribution in [2.24, 2.45) is 0 Å². The van der Waals surface area contributed by atoms with Crippen LogP contribution in [0, 0.1) is 0 Å². The van der Waals surface area contributed by atoms with Crippen LogP contribution in [0.2, 0.25) is 0 Å². The maximum absolute atomic E-state index is 13.5. The minimum atomic E-state index is -1.02. The van der Waals surface area contributed by atoms with E-state index in [1.807, 2.05) is 13.0 Å². The number of anilines is 3. The molecule has 1 atom stereocenters. The monoisotopic (exact) mass is 507 g/mol. The first-order chi connectivity index (χ1) is 16.0. The Labute approximate surface area is 199 Å². The molecule has 0 radical (unpaired) electrons. The van der Waals surface area contributed by atoms with E-state index in [9.17, 15) is 14.4 Å². The van der Waals surface area contributed by atoms with Crippen molar-refractivity contribution < 1.29 is 19.1 Å². The number of nitrogens with zero attached hydrogens (tertiary/aromatic N) is 1. The molecule has 3 amide bonds. The van der Waals surface area contributed by atoms with Crippen molar-refractivity contribution in [3.63, 3.8) is 0 Å². The Kier molecular flexibility index (Phi) is 6.74. The third-order valence-corrected chi connectivity index (χ3v) is 5.71. The van der Waals surface area contributed by atoms with E-state index in [4.69, 9.17) is 4.74 Å². The Balaban J connectivity index is 1.64. The molecule has 0 fully saturated rings. The van der Waals surface area contributed by atoms with Gasteiger partial charge in [0.1, 0.15) is 11.8 Å². The number of ether oxygens (including phenoxy) is 1. The van der Waals surface area contributed by atoms with E-state index in [0.717, 1.165) is 4.47 Å². The van der Waals surface area contributed by atoms with Crippen LogP contribution in [0.5, 0.6) is 5.75 Å². The third-order valence-electron chi connectivity index (χ3n) is 5.19. The van der Waals surface area contributed by atoms with Crippen molar-refractivity contribution in [3.05, 3.63) is 82.8 Å². The summed E-state index contributed by atoms with van der Waals surface area (Å²) in [7, 11) is 0. The van der Waals surface area contributed by atoms with Gasteiger partial charge in [0.25, 0.3) is 5.91 Å². The second-order valence-electron chi connectivity index (χ2n) is 7.39. The molecule has 2 N–H and O–H groups in total. The topological polar surface area (TPSA) is 87.7 Å². The summed E-state index contributed by atoms with van der Waals surface area (Å²) < 4.78 is 6.39. The van der Waals surface area contributed by atoms with Gasteiger partial charge in [-0.1, -0.05) is 40.2 Å². The highest BCUT2D eigenvalue weighted by molar-refractivity contribution is 9.10. The molecule has 0 saturated heterocycles. The first-order valence-electron chi connectivity index (χ1n) is 10.5. The fourth-order valence-electron chi connectivity index (χ4n) is 3.69. The number of nitrogens with one attached hydrogen (secondary N) is 2. The number of amides is 3. The molecule has 0 aromatic heterocycles. The third kappa shape index (κ3) is 4.90. The maximum Gasteiger partial charge on any atom is 0.259 e. The van der Waals surface area contributed by atoms with Gasteiger partial charge in [0.15, 0.2) is 0 Å². The zero-order valence-corrected chi connectivity index (χ0v) is 19.5. The van der Waals surface area contributed by atoms with Gasteiger partial charge in [-0.25, -0.2) is 0 Å². The number of benzene rings is 3. The molecule has 1 aliphatic heterocycles. The summed E-state index contributed by atoms with van der Waals surface area (Å²) in [6.45, 7) is 2.30. The van der Waals surface area contributed by atoms with E-state index >= 15 is 0 Å². The summed E-state index contributed by atoms with van der Waals surface area (Å²) in [4.78, 5) is 40.8. The van der Waals surface area contributed by atoms with Crippen LogP contribution in [0.25, 0.3) is 0 Å². The van der Waals surface area contributed by atoms with E-state index in [1.54, 1.807) is 66.7 Å². The lowest BCUT2D eigenvalue weighted by Gasteiger charge is -2.36. The van der Waals surface area contributed by atoms with Crippen molar-refractivity contribution in [1.29, 1.82) is 0 Å². The predicted molar refractivity (Wildman–Crippen MR) is 131 cm³/mol. The van der Waals surface area contributed by atoms with Gasteiger partial charge in [0, 0.05) is 10.0 Å². The Bertz CT molecular complexity index is 1200. The highest BCUT2D eigenvalue weighted by Gasteiger charge is 2.38. The lowest BCUT2D eigenvalue weighted by Crippen LogP contribution is -2.52. The summed E-state index contributed by atoms with van der Waals surface area (Å²) in [5.74, 6) is -0.658. The fraction of sp³-hybridized carbons (Fsp3) is 0.160. The van der Waals surface area contributed by atoms with Crippen molar-refractivity contribution in [2.75, 3.05) is 22.1 Å². The van der Waals surface area contributed by atoms with Gasteiger partial charge >= 0.3 is 0 Å². The summed E-state index contributed by atoms with van der Waals surface area (Å²) in [5.41, 5.74) is 1.98. The molecule has 0 aliphatic carbocycles. The van der Waals surface area contributed by atoms with Gasteiger partial charge in [0.05, 0.1) is 30.1 Å². The number of fused-ring (bicyclic) bond motifs is 1. The molecule has 3 aromatic rings. The Morgan fingerprint density at radius 3 is 2.48 bits per heavy atom. The lowest BCUT2D eigenvalue weighted by molar-refractivity contribution is -0.122. The van der Waals surface area contributed by atoms with E-state index in [0.29, 0.717) is 35.0 Å². The van der Waals surface area contributed by atoms with Crippen LogP contribution in [0.1, 0.15) is 23.7 Å². The summed E-state index contributed by atoms with van der Waals surface area (Å²) >= 11 is 3.37. The number of halogens is 1. The number of rotatable bonds is 6. The molecular weight excluding hydrogens is 486 g/mol. The van der Waals surface area contributed by atoms with Crippen LogP contribution in [0.15, 0.2) is 77.3 Å². The van der Waals surface area contributed by atoms with Crippen LogP contribution in [0.4, 0.5) is 17.1 Å². The number of carbonyl (C=O) groups excluding carboxylic acids is 3. The van der Waals surface area contributed by atoms with Crippen LogP contribution in [0.3, 0.4) is 0 Å². The zero-order valence-electron chi connectivity index (χ0n) is 17.9. The second kappa shape index (κ2) is 9.87. The van der Waals surface area contributed by atoms with E-state index in [1.165, 1.54) is 4.90 Å². The Morgan fingerprint density at radius 1 is 1.03 bits per heavy atom. The highest BCUT2D eigenvalue weighted by Crippen LogP contribution is 2.34. The second-order valence-corrected chi connectivity index (χ2v) is 8.30. The van der Waals surface area contributed by atoms with Crippen LogP contribution >= 0.6 is 15.9 Å². The summed E-state index contributed by atoms with van der Waals surface area (Å²) in [6, 6.07) is 20.0. The summed E-state index contributed by atoms with van der Waals surface area (Å²) in [5, 5.41) is 5.62. The Morgan fingerprint density at radius 2 is 1.73 bits per heavy atom. The maximum atomic E-state index is 13.5. The normalized spacial score (nSPS) is 14.8. The molecule has 7 nitrogen and oxygen atoms in total. The summed E-state index contributed by atoms with van der Waals surface area (Å²) in [6.07, 6.45) is -0.219. The average Bonchev–Trinajstić information content (AvgIpc) is 2.81. The zero-order chi connectivity index (χ0) is 23.4. The average molecular weight is 508 g/mol. The molecule has 0 bridgehead atoms. The number of hydrogen-bond donors (Lipinski definition) is 2. The lowest BCUT2D eigenvalue weighted by atomic mass is 10.0. The van der Waals surface area contributed by atoms with Crippen molar-refractivity contribution in [2.45, 2.75) is 19.4 Å². The molecule has 0 spiro atoms. The first kappa shape index (κ1) is 22.5. The molecule has 0 unspecified atom stereocenters. The molecule has 33 heavy (non-hydrogen) atoms. The van der Waals surface area contributed by atoms with Crippen LogP contribution in [-0.2, 0) is 9.59 Å². The van der Waals surface area contributed by atoms with Crippen molar-refractivity contribution >= 4 is 50.7 Å². The predicted octanol–water partition coefficient (Wildman–Crippen LogP) is 4.84. The van der Waals surface area contributed by atoms with Gasteiger partial charge < -0.3 is 15.4 Å². The van der Waals surface area contributed by atoms with Gasteiger partial charge in [-0.05, 0) is 55.5 Å². The molecule has 1 heterocycles. The quantitative estimate of drug-likeness (QED) is 0.499. The first-order valence-corrected chi connectivity index (χ1v) is 11.3. The van der Waals surface area contributed by atoms with Crippen molar-refractivity contribution in [3.8, 4) is 5.75 Å². The fourth-order valence-corrected chi connectivity index (χ4v) is 3.95. The van der Waals surface area contributed by atoms with Crippen LogP contribution < -0.4 is 20.3 Å². The minimum absolute atomic E-state index is 0.219. The van der Waals surface area contributed by atoms with Gasteiger partial charge in [-0.2, -0.15) is 0 Å². The van der Waals surface area contributed by atoms with Crippen molar-refractivity contribution in [1.82, 2.24) is 0 Å². The Hall–Kier alpha value is -3.65. The van der Waals surface area contributed by atoms with E-state index < -0.39 is 17.9 Å². The molecule has 8 heteroatoms. The smallest absolute Gasteiger partial charge is 0.259 e. The number of carbonyl (C=O) groups is 3. The standard InChI is InChI=1S/C25H22BrN3O4/c1-2-33-22-10-6-4-8-19(22)27-23(30)15-21-24(31)28-18-7-3-5-9-20(18)29(21)25(32)16-11-13-17(26)14-12-16/h3-14,21H,2,15H2,1H3,(H,27,30)(H,28,31)/t21-/m0/s1. The SMILES string of the molecule is CCOc1ccccc1NC(=O)C[C@H]1C(=O)Nc2ccccc2N1C(=O)c1ccc(Br)cc1. The largest absolute Gasteiger partial charge is 0.492 e. The van der Waals surface area contributed by atoms with E-state index in [-0.39, 0.29) is 12.3 Å². The van der Waals surface area contributed by atoms with Gasteiger partial charge in [-0.3, -0.25) is 19.3 Å². The van der Waals surface area contributed by atoms with Gasteiger partial charge in [0.2, 0.25) is 11.8 Å². The van der Waals surface area contributed by atoms with E-state index in [2.05, 4.69) is 26.6 Å². The molecule has 3 aromatic carbocycles. The molecule has 4 rings (SSSR count). The molecule has 1 aliphatic rings. The molecule has 168 valence electrons.